The zero-order chi connectivity index (χ0) is 13.1. The van der Waals surface area contributed by atoms with Gasteiger partial charge in [0.15, 0.2) is 5.65 Å². The Balaban J connectivity index is 2.47. The van der Waals surface area contributed by atoms with Crippen molar-refractivity contribution in [1.29, 1.82) is 0 Å². The number of halogens is 1. The van der Waals surface area contributed by atoms with E-state index in [1.54, 1.807) is 0 Å². The summed E-state index contributed by atoms with van der Waals surface area (Å²) in [5, 5.41) is 0.471. The molecule has 0 saturated carbocycles. The van der Waals surface area contributed by atoms with Crippen molar-refractivity contribution in [3.63, 3.8) is 0 Å². The molecule has 0 radical (unpaired) electrons. The molecular formula is C11H13FN4OS. The van der Waals surface area contributed by atoms with Crippen molar-refractivity contribution in [3.8, 4) is 0 Å². The van der Waals surface area contributed by atoms with Crippen LogP contribution in [0.1, 0.15) is 31.5 Å². The van der Waals surface area contributed by atoms with Gasteiger partial charge in [0.1, 0.15) is 16.9 Å². The molecule has 96 valence electrons. The largest absolute Gasteiger partial charge is 0.311 e. The van der Waals surface area contributed by atoms with Crippen LogP contribution in [0.3, 0.4) is 0 Å². The molecule has 2 aromatic heterocycles. The molecule has 0 aliphatic rings. The zero-order valence-electron chi connectivity index (χ0n) is 10.2. The monoisotopic (exact) mass is 268 g/mol. The number of imidazole rings is 1. The second-order valence-electron chi connectivity index (χ2n) is 3.81. The van der Waals surface area contributed by atoms with Crippen LogP contribution in [0.5, 0.6) is 0 Å². The van der Waals surface area contributed by atoms with Crippen molar-refractivity contribution in [2.75, 3.05) is 5.75 Å². The van der Waals surface area contributed by atoms with Gasteiger partial charge in [-0.05, 0) is 12.2 Å². The van der Waals surface area contributed by atoms with Crippen LogP contribution >= 0.6 is 11.8 Å². The molecule has 7 heteroatoms. The van der Waals surface area contributed by atoms with Crippen molar-refractivity contribution in [2.24, 2.45) is 0 Å². The summed E-state index contributed by atoms with van der Waals surface area (Å²) in [6.45, 7) is 3.50. The Morgan fingerprint density at radius 2 is 2.28 bits per heavy atom. The lowest BCUT2D eigenvalue weighted by Crippen LogP contribution is -2.06. The van der Waals surface area contributed by atoms with Crippen LogP contribution in [0.25, 0.3) is 11.2 Å². The van der Waals surface area contributed by atoms with Gasteiger partial charge in [0.2, 0.25) is 5.91 Å². The zero-order valence-corrected chi connectivity index (χ0v) is 11.0. The van der Waals surface area contributed by atoms with Crippen molar-refractivity contribution < 1.29 is 9.18 Å². The number of aromatic nitrogens is 4. The summed E-state index contributed by atoms with van der Waals surface area (Å²) < 4.78 is 14.6. The van der Waals surface area contributed by atoms with Gasteiger partial charge in [-0.2, -0.15) is 14.4 Å². The van der Waals surface area contributed by atoms with Crippen LogP contribution < -0.4 is 0 Å². The van der Waals surface area contributed by atoms with E-state index in [0.717, 1.165) is 18.6 Å². The predicted octanol–water partition coefficient (Wildman–Crippen LogP) is 2.52. The number of thioether (sulfide) groups is 1. The van der Waals surface area contributed by atoms with E-state index in [1.807, 2.05) is 0 Å². The molecule has 0 N–H and O–H groups in total. The topological polar surface area (TPSA) is 60.7 Å². The van der Waals surface area contributed by atoms with Crippen LogP contribution in [-0.4, -0.2) is 31.2 Å². The fraction of sp³-hybridized carbons (Fsp3) is 0.455. The van der Waals surface area contributed by atoms with E-state index in [4.69, 9.17) is 0 Å². The van der Waals surface area contributed by atoms with Gasteiger partial charge in [0.05, 0.1) is 0 Å². The number of hydrogen-bond acceptors (Lipinski definition) is 5. The van der Waals surface area contributed by atoms with Gasteiger partial charge >= 0.3 is 6.08 Å². The lowest BCUT2D eigenvalue weighted by molar-refractivity contribution is 0.0940. The summed E-state index contributed by atoms with van der Waals surface area (Å²) in [5.41, 5.74) is 0.710. The predicted molar refractivity (Wildman–Crippen MR) is 67.2 cm³/mol. The average Bonchev–Trinajstić information content (AvgIpc) is 2.72. The molecule has 0 aliphatic carbocycles. The van der Waals surface area contributed by atoms with Crippen LogP contribution in [0.15, 0.2) is 11.4 Å². The Kier molecular flexibility index (Phi) is 3.90. The van der Waals surface area contributed by atoms with Gasteiger partial charge < -0.3 is 0 Å². The van der Waals surface area contributed by atoms with Crippen molar-refractivity contribution in [3.05, 3.63) is 12.4 Å². The molecule has 2 heterocycles. The third-order valence-electron chi connectivity index (χ3n) is 2.42. The number of carbonyl (C=O) groups excluding carboxylic acids is 1. The minimum Gasteiger partial charge on any atom is -0.274 e. The highest BCUT2D eigenvalue weighted by atomic mass is 32.2. The first kappa shape index (κ1) is 12.9. The minimum atomic E-state index is -0.810. The second-order valence-corrected chi connectivity index (χ2v) is 4.89. The fourth-order valence-corrected chi connectivity index (χ4v) is 2.61. The number of nitrogens with zero attached hydrogens (tertiary/aromatic N) is 4. The first-order valence-corrected chi connectivity index (χ1v) is 6.66. The highest BCUT2D eigenvalue weighted by molar-refractivity contribution is 7.99. The van der Waals surface area contributed by atoms with Crippen LogP contribution in [-0.2, 0) is 0 Å². The highest BCUT2D eigenvalue weighted by Crippen LogP contribution is 2.25. The molecule has 0 amide bonds. The molecular weight excluding hydrogens is 255 g/mol. The maximum Gasteiger partial charge on any atom is 0.311 e. The minimum absolute atomic E-state index is 0.190. The van der Waals surface area contributed by atoms with E-state index in [0.29, 0.717) is 10.5 Å². The summed E-state index contributed by atoms with van der Waals surface area (Å²) in [6.07, 6.45) is 2.60. The molecule has 0 aliphatic heterocycles. The van der Waals surface area contributed by atoms with E-state index >= 15 is 0 Å². The Bertz CT molecular complexity index is 584. The molecule has 0 unspecified atom stereocenters. The van der Waals surface area contributed by atoms with Crippen LogP contribution in [0, 0.1) is 6.08 Å². The Morgan fingerprint density at radius 1 is 1.50 bits per heavy atom. The second kappa shape index (κ2) is 5.43. The van der Waals surface area contributed by atoms with Gasteiger partial charge in [0, 0.05) is 6.92 Å². The fourth-order valence-electron chi connectivity index (χ4n) is 1.52. The Morgan fingerprint density at radius 3 is 2.94 bits per heavy atom. The van der Waals surface area contributed by atoms with Crippen molar-refractivity contribution in [1.82, 2.24) is 19.5 Å². The Hall–Kier alpha value is -1.50. The van der Waals surface area contributed by atoms with Crippen LogP contribution in [0.2, 0.25) is 0 Å². The smallest absolute Gasteiger partial charge is 0.274 e. The maximum atomic E-state index is 13.2. The molecule has 5 nitrogen and oxygen atoms in total. The molecule has 2 aromatic rings. The molecule has 0 atom stereocenters. The first-order chi connectivity index (χ1) is 8.63. The average molecular weight is 268 g/mol. The standard InChI is InChI=1S/C11H13FN4OS/c1-3-4-5-18-10-8-9(14-11(12)15-10)13-6-16(8)7(2)17/h6H,3-5H2,1-2H3. The molecule has 0 saturated heterocycles. The highest BCUT2D eigenvalue weighted by Gasteiger charge is 2.15. The van der Waals surface area contributed by atoms with Gasteiger partial charge in [-0.3, -0.25) is 9.36 Å². The molecule has 18 heavy (non-hydrogen) atoms. The van der Waals surface area contributed by atoms with Gasteiger partial charge in [-0.25, -0.2) is 4.98 Å². The van der Waals surface area contributed by atoms with E-state index in [-0.39, 0.29) is 11.6 Å². The third kappa shape index (κ3) is 2.50. The lowest BCUT2D eigenvalue weighted by Gasteiger charge is -2.04. The maximum absolute atomic E-state index is 13.2. The summed E-state index contributed by atoms with van der Waals surface area (Å²) in [7, 11) is 0. The van der Waals surface area contributed by atoms with Gasteiger partial charge in [0.25, 0.3) is 0 Å². The van der Waals surface area contributed by atoms with Gasteiger partial charge in [-0.15, -0.1) is 11.8 Å². The number of fused-ring (bicyclic) bond motifs is 1. The van der Waals surface area contributed by atoms with Crippen molar-refractivity contribution >= 4 is 28.8 Å². The van der Waals surface area contributed by atoms with Crippen molar-refractivity contribution in [2.45, 2.75) is 31.7 Å². The number of hydrogen-bond donors (Lipinski definition) is 0. The molecule has 0 bridgehead atoms. The van der Waals surface area contributed by atoms with E-state index in [1.165, 1.54) is 29.6 Å². The van der Waals surface area contributed by atoms with Gasteiger partial charge in [-0.1, -0.05) is 13.3 Å². The molecule has 0 aromatic carbocycles. The molecule has 0 fully saturated rings. The summed E-state index contributed by atoms with van der Waals surface area (Å²) in [5.74, 6) is 0.635. The SMILES string of the molecule is CCCCSc1nc(F)nc2ncn(C(C)=O)c12. The lowest BCUT2D eigenvalue weighted by atomic mass is 10.4. The number of rotatable bonds is 4. The van der Waals surface area contributed by atoms with Crippen LogP contribution in [0.4, 0.5) is 4.39 Å². The summed E-state index contributed by atoms with van der Waals surface area (Å²) in [4.78, 5) is 22.7. The normalized spacial score (nSPS) is 11.1. The third-order valence-corrected chi connectivity index (χ3v) is 3.47. The summed E-state index contributed by atoms with van der Waals surface area (Å²) in [6, 6.07) is 0. The van der Waals surface area contributed by atoms with E-state index in [9.17, 15) is 9.18 Å². The number of unbranched alkanes of at least 4 members (excludes halogenated alkanes) is 1. The summed E-state index contributed by atoms with van der Waals surface area (Å²) >= 11 is 1.42. The Labute approximate surface area is 108 Å². The van der Waals surface area contributed by atoms with E-state index in [2.05, 4.69) is 21.9 Å². The number of carbonyl (C=O) groups is 1. The van der Waals surface area contributed by atoms with E-state index < -0.39 is 6.08 Å². The first-order valence-electron chi connectivity index (χ1n) is 5.67. The molecule has 0 spiro atoms. The quantitative estimate of drug-likeness (QED) is 0.369. The molecule has 2 rings (SSSR count).